The van der Waals surface area contributed by atoms with Crippen LogP contribution in [0, 0.1) is 24.2 Å². The number of rotatable bonds is 6. The molecule has 0 amide bonds. The fourth-order valence-electron chi connectivity index (χ4n) is 3.08. The zero-order valence-corrected chi connectivity index (χ0v) is 11.6. The van der Waals surface area contributed by atoms with E-state index in [2.05, 4.69) is 11.2 Å². The van der Waals surface area contributed by atoms with Gasteiger partial charge in [-0.05, 0) is 38.1 Å². The van der Waals surface area contributed by atoms with Crippen LogP contribution >= 0.6 is 0 Å². The van der Waals surface area contributed by atoms with Gasteiger partial charge in [-0.2, -0.15) is 13.2 Å². The van der Waals surface area contributed by atoms with E-state index >= 15 is 0 Å². The van der Waals surface area contributed by atoms with Crippen molar-refractivity contribution in [1.82, 2.24) is 5.32 Å². The van der Waals surface area contributed by atoms with Gasteiger partial charge in [0.15, 0.2) is 0 Å². The van der Waals surface area contributed by atoms with Gasteiger partial charge < -0.3 is 5.32 Å². The number of nitrogens with one attached hydrogen (secondary N) is 1. The second kappa shape index (κ2) is 7.79. The molecule has 1 fully saturated rings. The molecule has 1 saturated carbocycles. The molecule has 3 unspecified atom stereocenters. The zero-order chi connectivity index (χ0) is 14.3. The average molecular weight is 275 g/mol. The molecule has 4 heteroatoms. The zero-order valence-electron chi connectivity index (χ0n) is 11.6. The van der Waals surface area contributed by atoms with Crippen LogP contribution < -0.4 is 5.32 Å². The highest BCUT2D eigenvalue weighted by atomic mass is 19.4. The molecule has 1 rings (SSSR count). The first-order valence-corrected chi connectivity index (χ1v) is 7.24. The van der Waals surface area contributed by atoms with E-state index in [0.717, 1.165) is 19.4 Å². The molecule has 110 valence electrons. The first kappa shape index (κ1) is 16.4. The van der Waals surface area contributed by atoms with Crippen molar-refractivity contribution < 1.29 is 13.2 Å². The molecular formula is C15H24F3N. The third kappa shape index (κ3) is 5.06. The molecule has 0 radical (unpaired) electrons. The van der Waals surface area contributed by atoms with Crippen molar-refractivity contribution in [3.05, 3.63) is 0 Å². The Hall–Kier alpha value is -0.690. The third-order valence-corrected chi connectivity index (χ3v) is 4.01. The van der Waals surface area contributed by atoms with E-state index < -0.39 is 12.1 Å². The van der Waals surface area contributed by atoms with Gasteiger partial charge in [-0.3, -0.25) is 0 Å². The van der Waals surface area contributed by atoms with E-state index in [1.807, 2.05) is 6.92 Å². The largest absolute Gasteiger partial charge is 0.392 e. The van der Waals surface area contributed by atoms with Gasteiger partial charge >= 0.3 is 6.18 Å². The number of halogens is 3. The topological polar surface area (TPSA) is 12.0 Å². The predicted molar refractivity (Wildman–Crippen MR) is 71.7 cm³/mol. The van der Waals surface area contributed by atoms with Gasteiger partial charge in [0.25, 0.3) is 0 Å². The maximum atomic E-state index is 13.1. The smallest absolute Gasteiger partial charge is 0.314 e. The number of hydrogen-bond donors (Lipinski definition) is 1. The molecule has 0 aromatic heterocycles. The molecule has 0 saturated heterocycles. The van der Waals surface area contributed by atoms with E-state index in [1.54, 1.807) is 0 Å². The van der Waals surface area contributed by atoms with Crippen molar-refractivity contribution >= 4 is 0 Å². The lowest BCUT2D eigenvalue weighted by molar-refractivity contribution is -0.199. The minimum absolute atomic E-state index is 0.0945. The van der Waals surface area contributed by atoms with Gasteiger partial charge in [0, 0.05) is 12.5 Å². The van der Waals surface area contributed by atoms with Crippen LogP contribution in [0.2, 0.25) is 0 Å². The Kier molecular flexibility index (Phi) is 6.71. The second-order valence-electron chi connectivity index (χ2n) is 5.40. The van der Waals surface area contributed by atoms with Crippen molar-refractivity contribution in [3.8, 4) is 12.3 Å². The predicted octanol–water partition coefficient (Wildman–Crippen LogP) is 4.14. The summed E-state index contributed by atoms with van der Waals surface area (Å²) in [5.41, 5.74) is 0. The van der Waals surface area contributed by atoms with Crippen LogP contribution in [0.1, 0.15) is 51.9 Å². The van der Waals surface area contributed by atoms with Gasteiger partial charge in [0.1, 0.15) is 0 Å². The summed E-state index contributed by atoms with van der Waals surface area (Å²) >= 11 is 0. The van der Waals surface area contributed by atoms with Crippen molar-refractivity contribution in [1.29, 1.82) is 0 Å². The standard InChI is InChI=1S/C15H24F3N/c1-3-5-10-14(19-11-4-2)12-8-6-7-9-13(12)15(16,17)18/h1,12-14,19H,4-11H2,2H3. The van der Waals surface area contributed by atoms with Gasteiger partial charge in [0.05, 0.1) is 5.92 Å². The monoisotopic (exact) mass is 275 g/mol. The summed E-state index contributed by atoms with van der Waals surface area (Å²) in [6, 6.07) is -0.0945. The summed E-state index contributed by atoms with van der Waals surface area (Å²) in [7, 11) is 0. The number of terminal acetylenes is 1. The highest BCUT2D eigenvalue weighted by molar-refractivity contribution is 4.92. The van der Waals surface area contributed by atoms with Crippen molar-refractivity contribution in [3.63, 3.8) is 0 Å². The first-order chi connectivity index (χ1) is 9.00. The van der Waals surface area contributed by atoms with Gasteiger partial charge in [-0.25, -0.2) is 0 Å². The van der Waals surface area contributed by atoms with E-state index in [4.69, 9.17) is 6.42 Å². The molecular weight excluding hydrogens is 251 g/mol. The summed E-state index contributed by atoms with van der Waals surface area (Å²) in [6.07, 6.45) is 5.82. The van der Waals surface area contributed by atoms with E-state index in [9.17, 15) is 13.2 Å². The Balaban J connectivity index is 2.74. The maximum Gasteiger partial charge on any atom is 0.392 e. The van der Waals surface area contributed by atoms with Crippen LogP contribution in [0.5, 0.6) is 0 Å². The lowest BCUT2D eigenvalue weighted by Crippen LogP contribution is -2.45. The minimum Gasteiger partial charge on any atom is -0.314 e. The van der Waals surface area contributed by atoms with Crippen LogP contribution in [0.25, 0.3) is 0 Å². The summed E-state index contributed by atoms with van der Waals surface area (Å²) in [6.45, 7) is 2.78. The number of hydrogen-bond acceptors (Lipinski definition) is 1. The SMILES string of the molecule is C#CCCC(NCCC)C1CCCCC1C(F)(F)F. The van der Waals surface area contributed by atoms with Crippen LogP contribution in [0.4, 0.5) is 13.2 Å². The molecule has 0 spiro atoms. The molecule has 0 aliphatic heterocycles. The first-order valence-electron chi connectivity index (χ1n) is 7.24. The lowest BCUT2D eigenvalue weighted by atomic mass is 9.73. The molecule has 0 heterocycles. The normalized spacial score (nSPS) is 25.8. The number of alkyl halides is 3. The molecule has 1 aliphatic carbocycles. The lowest BCUT2D eigenvalue weighted by Gasteiger charge is -2.38. The van der Waals surface area contributed by atoms with Gasteiger partial charge in [-0.15, -0.1) is 12.3 Å². The Morgan fingerprint density at radius 3 is 2.58 bits per heavy atom. The Labute approximate surface area is 114 Å². The van der Waals surface area contributed by atoms with Crippen molar-refractivity contribution in [2.45, 2.75) is 64.1 Å². The molecule has 1 N–H and O–H groups in total. The van der Waals surface area contributed by atoms with Gasteiger partial charge in [0.2, 0.25) is 0 Å². The molecule has 3 atom stereocenters. The summed E-state index contributed by atoms with van der Waals surface area (Å²) < 4.78 is 39.4. The molecule has 0 bridgehead atoms. The van der Waals surface area contributed by atoms with Gasteiger partial charge in [-0.1, -0.05) is 19.8 Å². The quantitative estimate of drug-likeness (QED) is 0.718. The van der Waals surface area contributed by atoms with Crippen LogP contribution in [-0.4, -0.2) is 18.8 Å². The fraction of sp³-hybridized carbons (Fsp3) is 0.867. The molecule has 1 aliphatic rings. The Bertz CT molecular complexity index is 293. The summed E-state index contributed by atoms with van der Waals surface area (Å²) in [5, 5.41) is 3.28. The fourth-order valence-corrected chi connectivity index (χ4v) is 3.08. The average Bonchev–Trinajstić information content (AvgIpc) is 2.38. The highest BCUT2D eigenvalue weighted by Gasteiger charge is 2.47. The summed E-state index contributed by atoms with van der Waals surface area (Å²) in [4.78, 5) is 0. The molecule has 19 heavy (non-hydrogen) atoms. The van der Waals surface area contributed by atoms with Crippen LogP contribution in [0.3, 0.4) is 0 Å². The Morgan fingerprint density at radius 2 is 2.00 bits per heavy atom. The van der Waals surface area contributed by atoms with Crippen LogP contribution in [0.15, 0.2) is 0 Å². The van der Waals surface area contributed by atoms with Crippen molar-refractivity contribution in [2.75, 3.05) is 6.54 Å². The molecule has 0 aromatic carbocycles. The van der Waals surface area contributed by atoms with Crippen LogP contribution in [-0.2, 0) is 0 Å². The second-order valence-corrected chi connectivity index (χ2v) is 5.40. The maximum absolute atomic E-state index is 13.1. The summed E-state index contributed by atoms with van der Waals surface area (Å²) in [5.74, 6) is 1.08. The third-order valence-electron chi connectivity index (χ3n) is 4.01. The molecule has 0 aromatic rings. The van der Waals surface area contributed by atoms with E-state index in [0.29, 0.717) is 25.7 Å². The van der Waals surface area contributed by atoms with E-state index in [-0.39, 0.29) is 18.4 Å². The van der Waals surface area contributed by atoms with Crippen molar-refractivity contribution in [2.24, 2.45) is 11.8 Å². The minimum atomic E-state index is -4.08. The Morgan fingerprint density at radius 1 is 1.32 bits per heavy atom. The molecule has 1 nitrogen and oxygen atoms in total. The highest BCUT2D eigenvalue weighted by Crippen LogP contribution is 2.43. The van der Waals surface area contributed by atoms with E-state index in [1.165, 1.54) is 0 Å².